The molecule has 0 fully saturated rings. The Balaban J connectivity index is 2.04. The molecule has 0 unspecified atom stereocenters. The maximum atomic E-state index is 14.4. The van der Waals surface area contributed by atoms with Gasteiger partial charge in [0.1, 0.15) is 11.5 Å². The highest BCUT2D eigenvalue weighted by molar-refractivity contribution is 6.05. The summed E-state index contributed by atoms with van der Waals surface area (Å²) in [5, 5.41) is 12.5. The highest BCUT2D eigenvalue weighted by Crippen LogP contribution is 2.28. The van der Waals surface area contributed by atoms with Crippen LogP contribution in [0, 0.1) is 5.82 Å². The van der Waals surface area contributed by atoms with Gasteiger partial charge in [-0.05, 0) is 44.2 Å². The molecule has 0 radical (unpaired) electrons. The lowest BCUT2D eigenvalue weighted by molar-refractivity contribution is -0.111. The molecule has 1 aromatic carbocycles. The molecule has 0 spiro atoms. The maximum Gasteiger partial charge on any atom is 0.270 e. The molecule has 0 aliphatic carbocycles. The minimum Gasteiger partial charge on any atom is -0.349 e. The number of amides is 2. The van der Waals surface area contributed by atoms with E-state index in [4.69, 9.17) is 0 Å². The van der Waals surface area contributed by atoms with Crippen LogP contribution >= 0.6 is 0 Å². The van der Waals surface area contributed by atoms with Crippen molar-refractivity contribution in [2.24, 2.45) is 0 Å². The Morgan fingerprint density at radius 1 is 1.30 bits per heavy atom. The Morgan fingerprint density at radius 3 is 2.78 bits per heavy atom. The Labute approximate surface area is 154 Å². The van der Waals surface area contributed by atoms with Crippen molar-refractivity contribution in [2.45, 2.75) is 19.9 Å². The van der Waals surface area contributed by atoms with E-state index in [1.54, 1.807) is 6.07 Å². The van der Waals surface area contributed by atoms with Gasteiger partial charge in [0.2, 0.25) is 5.91 Å². The number of aromatic amines is 1. The molecule has 0 aliphatic rings. The number of halogens is 1. The van der Waals surface area contributed by atoms with Crippen LogP contribution < -0.4 is 10.6 Å². The van der Waals surface area contributed by atoms with Gasteiger partial charge in [-0.1, -0.05) is 6.58 Å². The number of nitrogens with zero attached hydrogens (tertiary/aromatic N) is 2. The molecule has 3 aromatic rings. The average molecular weight is 367 g/mol. The van der Waals surface area contributed by atoms with E-state index in [2.05, 4.69) is 32.4 Å². The second-order valence-electron chi connectivity index (χ2n) is 6.21. The Hall–Kier alpha value is -3.55. The fourth-order valence-electron chi connectivity index (χ4n) is 2.57. The number of anilines is 1. The Morgan fingerprint density at radius 2 is 2.07 bits per heavy atom. The van der Waals surface area contributed by atoms with Gasteiger partial charge < -0.3 is 10.6 Å². The molecule has 0 aliphatic heterocycles. The second-order valence-corrected chi connectivity index (χ2v) is 6.21. The van der Waals surface area contributed by atoms with E-state index in [0.29, 0.717) is 22.3 Å². The number of hydrogen-bond acceptors (Lipinski definition) is 4. The standard InChI is InChI=1S/C19H18FN5O2/c1-4-16(26)23-12-5-6-15(20)13(8-12)11-7-14-17(19(27)22-10(2)3)24-25-18(14)21-9-11/h4-10H,1H2,2-3H3,(H,22,27)(H,23,26)(H,21,24,25). The Kier molecular flexibility index (Phi) is 4.98. The molecular formula is C19H18FN5O2. The molecule has 3 rings (SSSR count). The van der Waals surface area contributed by atoms with Crippen molar-refractivity contribution < 1.29 is 14.0 Å². The van der Waals surface area contributed by atoms with E-state index in [0.717, 1.165) is 6.08 Å². The van der Waals surface area contributed by atoms with Crippen LogP contribution in [-0.2, 0) is 4.79 Å². The normalized spacial score (nSPS) is 10.8. The maximum absolute atomic E-state index is 14.4. The van der Waals surface area contributed by atoms with Crippen molar-refractivity contribution in [1.82, 2.24) is 20.5 Å². The number of fused-ring (bicyclic) bond motifs is 1. The number of benzene rings is 1. The van der Waals surface area contributed by atoms with Crippen molar-refractivity contribution in [2.75, 3.05) is 5.32 Å². The molecule has 138 valence electrons. The smallest absolute Gasteiger partial charge is 0.270 e. The molecule has 2 aromatic heterocycles. The lowest BCUT2D eigenvalue weighted by Crippen LogP contribution is -2.30. The molecule has 0 atom stereocenters. The van der Waals surface area contributed by atoms with E-state index in [1.807, 2.05) is 13.8 Å². The monoisotopic (exact) mass is 367 g/mol. The van der Waals surface area contributed by atoms with Crippen LogP contribution in [0.2, 0.25) is 0 Å². The lowest BCUT2D eigenvalue weighted by Gasteiger charge is -2.09. The van der Waals surface area contributed by atoms with E-state index in [9.17, 15) is 14.0 Å². The predicted octanol–water partition coefficient (Wildman–Crippen LogP) is 3.03. The number of hydrogen-bond donors (Lipinski definition) is 3. The third kappa shape index (κ3) is 3.84. The summed E-state index contributed by atoms with van der Waals surface area (Å²) >= 11 is 0. The number of nitrogens with one attached hydrogen (secondary N) is 3. The van der Waals surface area contributed by atoms with Crippen molar-refractivity contribution in [3.05, 3.63) is 54.6 Å². The zero-order valence-electron chi connectivity index (χ0n) is 14.8. The summed E-state index contributed by atoms with van der Waals surface area (Å²) in [6.45, 7) is 7.08. The molecule has 0 bridgehead atoms. The van der Waals surface area contributed by atoms with Crippen LogP contribution in [0.25, 0.3) is 22.2 Å². The SMILES string of the molecule is C=CC(=O)Nc1ccc(F)c(-c2cnc3n[nH]c(C(=O)NC(C)C)c3c2)c1. The van der Waals surface area contributed by atoms with Gasteiger partial charge in [-0.25, -0.2) is 9.37 Å². The van der Waals surface area contributed by atoms with E-state index in [-0.39, 0.29) is 23.2 Å². The summed E-state index contributed by atoms with van der Waals surface area (Å²) < 4.78 is 14.4. The third-order valence-corrected chi connectivity index (χ3v) is 3.79. The third-order valence-electron chi connectivity index (χ3n) is 3.79. The first-order chi connectivity index (χ1) is 12.9. The number of carbonyl (C=O) groups is 2. The highest BCUT2D eigenvalue weighted by Gasteiger charge is 2.17. The van der Waals surface area contributed by atoms with Crippen LogP contribution in [0.4, 0.5) is 10.1 Å². The van der Waals surface area contributed by atoms with Gasteiger partial charge in [0.15, 0.2) is 5.65 Å². The first-order valence-electron chi connectivity index (χ1n) is 8.27. The molecule has 27 heavy (non-hydrogen) atoms. The van der Waals surface area contributed by atoms with Crippen molar-refractivity contribution in [1.29, 1.82) is 0 Å². The lowest BCUT2D eigenvalue weighted by atomic mass is 10.0. The molecule has 2 amide bonds. The summed E-state index contributed by atoms with van der Waals surface area (Å²) in [5.74, 6) is -1.20. The summed E-state index contributed by atoms with van der Waals surface area (Å²) in [5.41, 5.74) is 1.72. The Bertz CT molecular complexity index is 1040. The zero-order valence-corrected chi connectivity index (χ0v) is 14.8. The molecule has 7 nitrogen and oxygen atoms in total. The van der Waals surface area contributed by atoms with Gasteiger partial charge in [-0.15, -0.1) is 0 Å². The van der Waals surface area contributed by atoms with Crippen molar-refractivity contribution in [3.63, 3.8) is 0 Å². The number of H-pyrrole nitrogens is 1. The number of aromatic nitrogens is 3. The zero-order chi connectivity index (χ0) is 19.6. The first-order valence-corrected chi connectivity index (χ1v) is 8.27. The van der Waals surface area contributed by atoms with Gasteiger partial charge in [0, 0.05) is 29.1 Å². The number of pyridine rings is 1. The second kappa shape index (κ2) is 7.36. The van der Waals surface area contributed by atoms with Crippen LogP contribution in [0.15, 0.2) is 43.1 Å². The topological polar surface area (TPSA) is 99.8 Å². The van der Waals surface area contributed by atoms with Gasteiger partial charge in [0.25, 0.3) is 5.91 Å². The van der Waals surface area contributed by atoms with Gasteiger partial charge in [-0.2, -0.15) is 5.10 Å². The summed E-state index contributed by atoms with van der Waals surface area (Å²) in [7, 11) is 0. The fraction of sp³-hybridized carbons (Fsp3) is 0.158. The number of rotatable bonds is 5. The molecule has 3 N–H and O–H groups in total. The molecule has 0 saturated carbocycles. The minimum atomic E-state index is -0.482. The quantitative estimate of drug-likeness (QED) is 0.604. The van der Waals surface area contributed by atoms with E-state index >= 15 is 0 Å². The fourth-order valence-corrected chi connectivity index (χ4v) is 2.57. The van der Waals surface area contributed by atoms with E-state index in [1.165, 1.54) is 24.4 Å². The van der Waals surface area contributed by atoms with Crippen LogP contribution in [-0.4, -0.2) is 33.0 Å². The highest BCUT2D eigenvalue weighted by atomic mass is 19.1. The van der Waals surface area contributed by atoms with Crippen molar-refractivity contribution in [3.8, 4) is 11.1 Å². The largest absolute Gasteiger partial charge is 0.349 e. The van der Waals surface area contributed by atoms with Crippen LogP contribution in [0.5, 0.6) is 0 Å². The summed E-state index contributed by atoms with van der Waals surface area (Å²) in [4.78, 5) is 28.0. The van der Waals surface area contributed by atoms with Gasteiger partial charge in [0.05, 0.1) is 5.39 Å². The molecule has 0 saturated heterocycles. The molecule has 8 heteroatoms. The van der Waals surface area contributed by atoms with Gasteiger partial charge in [-0.3, -0.25) is 14.7 Å². The van der Waals surface area contributed by atoms with Crippen molar-refractivity contribution >= 4 is 28.5 Å². The van der Waals surface area contributed by atoms with Gasteiger partial charge >= 0.3 is 0 Å². The predicted molar refractivity (Wildman–Crippen MR) is 101 cm³/mol. The average Bonchev–Trinajstić information content (AvgIpc) is 3.06. The number of carbonyl (C=O) groups excluding carboxylic acids is 2. The van der Waals surface area contributed by atoms with Crippen LogP contribution in [0.3, 0.4) is 0 Å². The molecular weight excluding hydrogens is 349 g/mol. The summed E-state index contributed by atoms with van der Waals surface area (Å²) in [6, 6.07) is 5.78. The summed E-state index contributed by atoms with van der Waals surface area (Å²) in [6.07, 6.45) is 2.59. The van der Waals surface area contributed by atoms with Crippen LogP contribution in [0.1, 0.15) is 24.3 Å². The first kappa shape index (κ1) is 18.2. The molecule has 2 heterocycles. The minimum absolute atomic E-state index is 0.0467. The van der Waals surface area contributed by atoms with E-state index < -0.39 is 11.7 Å².